The predicted molar refractivity (Wildman–Crippen MR) is 88.0 cm³/mol. The van der Waals surface area contributed by atoms with Gasteiger partial charge in [0.2, 0.25) is 0 Å². The second-order valence-electron chi connectivity index (χ2n) is 6.46. The molecule has 3 rings (SSSR count). The van der Waals surface area contributed by atoms with E-state index >= 15 is 0 Å². The van der Waals surface area contributed by atoms with Crippen LogP contribution >= 0.6 is 0 Å². The third kappa shape index (κ3) is 3.21. The number of carboxylic acid groups (broad SMARTS) is 2. The Morgan fingerprint density at radius 1 is 1.20 bits per heavy atom. The Morgan fingerprint density at radius 3 is 2.56 bits per heavy atom. The molecule has 1 aromatic carbocycles. The van der Waals surface area contributed by atoms with E-state index in [0.29, 0.717) is 37.6 Å². The van der Waals surface area contributed by atoms with Gasteiger partial charge in [0.15, 0.2) is 0 Å². The number of benzene rings is 1. The van der Waals surface area contributed by atoms with E-state index in [-0.39, 0.29) is 6.04 Å². The van der Waals surface area contributed by atoms with Gasteiger partial charge in [0.25, 0.3) is 0 Å². The molecular weight excluding hydrogens is 328 g/mol. The summed E-state index contributed by atoms with van der Waals surface area (Å²) >= 11 is 0. The third-order valence-electron chi connectivity index (χ3n) is 5.08. The van der Waals surface area contributed by atoms with Crippen molar-refractivity contribution in [3.05, 3.63) is 23.8 Å². The number of carbonyl (C=O) groups is 2. The van der Waals surface area contributed by atoms with Crippen LogP contribution in [0.15, 0.2) is 18.2 Å². The molecule has 0 unspecified atom stereocenters. The monoisotopic (exact) mass is 350 g/mol. The SMILES string of the molecule is COc1ccc(CN2C[C@@H]3C[C@H](C(=O)O)[C@H](C2)N3C(=O)O)c(OC)c1. The van der Waals surface area contributed by atoms with E-state index < -0.39 is 24.0 Å². The number of likely N-dealkylation sites (tertiary alicyclic amines) is 1. The van der Waals surface area contributed by atoms with Crippen LogP contribution in [-0.4, -0.2) is 71.5 Å². The number of methoxy groups -OCH3 is 2. The smallest absolute Gasteiger partial charge is 0.407 e. The van der Waals surface area contributed by atoms with Gasteiger partial charge in [-0.1, -0.05) is 6.07 Å². The molecule has 8 nitrogen and oxygen atoms in total. The molecule has 0 radical (unpaired) electrons. The van der Waals surface area contributed by atoms with Crippen molar-refractivity contribution in [3.63, 3.8) is 0 Å². The molecular formula is C17H22N2O6. The number of fused-ring (bicyclic) bond motifs is 2. The van der Waals surface area contributed by atoms with Crippen LogP contribution in [0.2, 0.25) is 0 Å². The molecule has 136 valence electrons. The molecule has 8 heteroatoms. The van der Waals surface area contributed by atoms with Crippen molar-refractivity contribution in [2.75, 3.05) is 27.3 Å². The fraction of sp³-hybridized carbons (Fsp3) is 0.529. The van der Waals surface area contributed by atoms with Crippen LogP contribution in [-0.2, 0) is 11.3 Å². The maximum Gasteiger partial charge on any atom is 0.407 e. The van der Waals surface area contributed by atoms with Crippen LogP contribution in [0.4, 0.5) is 4.79 Å². The van der Waals surface area contributed by atoms with Crippen molar-refractivity contribution in [1.82, 2.24) is 9.80 Å². The number of hydrogen-bond acceptors (Lipinski definition) is 5. The molecule has 2 aliphatic heterocycles. The van der Waals surface area contributed by atoms with Crippen molar-refractivity contribution in [2.45, 2.75) is 25.0 Å². The average molecular weight is 350 g/mol. The Hall–Kier alpha value is -2.48. The lowest BCUT2D eigenvalue weighted by molar-refractivity contribution is -0.142. The molecule has 2 heterocycles. The zero-order chi connectivity index (χ0) is 18.1. The van der Waals surface area contributed by atoms with E-state index in [1.54, 1.807) is 20.3 Å². The van der Waals surface area contributed by atoms with Crippen LogP contribution in [0, 0.1) is 5.92 Å². The van der Waals surface area contributed by atoms with Gasteiger partial charge >= 0.3 is 12.1 Å². The van der Waals surface area contributed by atoms with E-state index in [4.69, 9.17) is 9.47 Å². The summed E-state index contributed by atoms with van der Waals surface area (Å²) in [7, 11) is 3.17. The van der Waals surface area contributed by atoms with Gasteiger partial charge in [0.05, 0.1) is 26.2 Å². The number of nitrogens with zero attached hydrogens (tertiary/aromatic N) is 2. The molecule has 0 aliphatic carbocycles. The highest BCUT2D eigenvalue weighted by atomic mass is 16.5. The maximum atomic E-state index is 11.5. The summed E-state index contributed by atoms with van der Waals surface area (Å²) in [6, 6.07) is 4.76. The average Bonchev–Trinajstić information content (AvgIpc) is 2.83. The molecule has 0 aromatic heterocycles. The van der Waals surface area contributed by atoms with E-state index in [0.717, 1.165) is 5.56 Å². The molecule has 2 N–H and O–H groups in total. The molecule has 2 aliphatic rings. The predicted octanol–water partition coefficient (Wildman–Crippen LogP) is 1.34. The summed E-state index contributed by atoms with van der Waals surface area (Å²) in [5.41, 5.74) is 0.957. The number of amides is 1. The van der Waals surface area contributed by atoms with Gasteiger partial charge in [0, 0.05) is 37.3 Å². The Morgan fingerprint density at radius 2 is 1.96 bits per heavy atom. The largest absolute Gasteiger partial charge is 0.497 e. The normalized spacial score (nSPS) is 25.7. The fourth-order valence-electron chi connectivity index (χ4n) is 3.96. The van der Waals surface area contributed by atoms with Crippen molar-refractivity contribution >= 4 is 12.1 Å². The van der Waals surface area contributed by atoms with Crippen LogP contribution in [0.5, 0.6) is 11.5 Å². The number of hydrogen-bond donors (Lipinski definition) is 2. The van der Waals surface area contributed by atoms with Crippen molar-refractivity contribution in [1.29, 1.82) is 0 Å². The van der Waals surface area contributed by atoms with Gasteiger partial charge in [0.1, 0.15) is 11.5 Å². The minimum atomic E-state index is -1.04. The highest BCUT2D eigenvalue weighted by Crippen LogP contribution is 2.36. The number of aliphatic carboxylic acids is 1. The molecule has 1 amide bonds. The quantitative estimate of drug-likeness (QED) is 0.826. The summed E-state index contributed by atoms with van der Waals surface area (Å²) < 4.78 is 10.6. The van der Waals surface area contributed by atoms with Gasteiger partial charge in [-0.3, -0.25) is 14.6 Å². The standard InChI is InChI=1S/C17H22N2O6/c1-24-12-4-3-10(15(6-12)25-2)7-18-8-11-5-13(16(20)21)14(9-18)19(11)17(22)23/h3-4,6,11,13-14H,5,7-9H2,1-2H3,(H,20,21)(H,22,23)/t11-,13-,14-/m0/s1. The van der Waals surface area contributed by atoms with E-state index in [1.165, 1.54) is 4.90 Å². The summed E-state index contributed by atoms with van der Waals surface area (Å²) in [5, 5.41) is 18.8. The van der Waals surface area contributed by atoms with Crippen molar-refractivity contribution < 1.29 is 29.3 Å². The molecule has 3 atom stereocenters. The first-order chi connectivity index (χ1) is 11.9. The molecule has 1 aromatic rings. The van der Waals surface area contributed by atoms with Crippen LogP contribution in [0.3, 0.4) is 0 Å². The first-order valence-corrected chi connectivity index (χ1v) is 8.12. The highest BCUT2D eigenvalue weighted by Gasteiger charge is 2.51. The Kier molecular flexibility index (Phi) is 4.71. The number of ether oxygens (including phenoxy) is 2. The number of carboxylic acids is 1. The second-order valence-corrected chi connectivity index (χ2v) is 6.46. The molecule has 2 bridgehead atoms. The summed E-state index contributed by atoms with van der Waals surface area (Å²) in [6.45, 7) is 1.48. The zero-order valence-electron chi connectivity index (χ0n) is 14.2. The van der Waals surface area contributed by atoms with Crippen LogP contribution in [0.25, 0.3) is 0 Å². The molecule has 0 spiro atoms. The van der Waals surface area contributed by atoms with Gasteiger partial charge in [-0.2, -0.15) is 0 Å². The maximum absolute atomic E-state index is 11.5. The highest BCUT2D eigenvalue weighted by molar-refractivity contribution is 5.75. The third-order valence-corrected chi connectivity index (χ3v) is 5.08. The van der Waals surface area contributed by atoms with Gasteiger partial charge in [-0.25, -0.2) is 4.79 Å². The van der Waals surface area contributed by atoms with Crippen LogP contribution in [0.1, 0.15) is 12.0 Å². The Bertz CT molecular complexity index is 679. The summed E-state index contributed by atoms with van der Waals surface area (Å²) in [6.07, 6.45) is -0.678. The first kappa shape index (κ1) is 17.3. The molecule has 25 heavy (non-hydrogen) atoms. The number of rotatable bonds is 5. The second kappa shape index (κ2) is 6.79. The van der Waals surface area contributed by atoms with E-state index in [9.17, 15) is 19.8 Å². The summed E-state index contributed by atoms with van der Waals surface area (Å²) in [5.74, 6) is -0.184. The lowest BCUT2D eigenvalue weighted by atomic mass is 10.0. The topological polar surface area (TPSA) is 99.5 Å². The van der Waals surface area contributed by atoms with E-state index in [2.05, 4.69) is 4.90 Å². The Balaban J connectivity index is 1.78. The molecule has 2 fully saturated rings. The first-order valence-electron chi connectivity index (χ1n) is 8.12. The fourth-order valence-corrected chi connectivity index (χ4v) is 3.96. The van der Waals surface area contributed by atoms with Gasteiger partial charge in [-0.15, -0.1) is 0 Å². The van der Waals surface area contributed by atoms with Gasteiger partial charge < -0.3 is 19.7 Å². The molecule has 0 saturated carbocycles. The minimum Gasteiger partial charge on any atom is -0.497 e. The van der Waals surface area contributed by atoms with Gasteiger partial charge in [-0.05, 0) is 12.5 Å². The minimum absolute atomic E-state index is 0.290. The lowest BCUT2D eigenvalue weighted by Gasteiger charge is -2.40. The van der Waals surface area contributed by atoms with Crippen molar-refractivity contribution in [3.8, 4) is 11.5 Å². The van der Waals surface area contributed by atoms with Crippen molar-refractivity contribution in [2.24, 2.45) is 5.92 Å². The van der Waals surface area contributed by atoms with Crippen LogP contribution < -0.4 is 9.47 Å². The summed E-state index contributed by atoms with van der Waals surface area (Å²) in [4.78, 5) is 26.4. The zero-order valence-corrected chi connectivity index (χ0v) is 14.2. The number of piperazine rings is 1. The Labute approximate surface area is 145 Å². The van der Waals surface area contributed by atoms with E-state index in [1.807, 2.05) is 12.1 Å². The lowest BCUT2D eigenvalue weighted by Crippen LogP contribution is -2.56. The molecule has 2 saturated heterocycles.